The van der Waals surface area contributed by atoms with Gasteiger partial charge in [-0.05, 0) is 36.8 Å². The Balaban J connectivity index is 1.92. The number of hydrogen-bond acceptors (Lipinski definition) is 5. The minimum absolute atomic E-state index is 0.783. The predicted molar refractivity (Wildman–Crippen MR) is 104 cm³/mol. The van der Waals surface area contributed by atoms with Crippen LogP contribution in [0.5, 0.6) is 5.75 Å². The van der Waals surface area contributed by atoms with E-state index >= 15 is 0 Å². The zero-order valence-electron chi connectivity index (χ0n) is 15.4. The van der Waals surface area contributed by atoms with Crippen LogP contribution in [0.25, 0.3) is 10.9 Å². The first-order valence-corrected chi connectivity index (χ1v) is 8.26. The summed E-state index contributed by atoms with van der Waals surface area (Å²) in [4.78, 5) is 13.4. The summed E-state index contributed by atoms with van der Waals surface area (Å²) in [6, 6.07) is 12.3. The van der Waals surface area contributed by atoms with Crippen LogP contribution >= 0.6 is 0 Å². The molecule has 5 nitrogen and oxygen atoms in total. The predicted octanol–water partition coefficient (Wildman–Crippen LogP) is 3.65. The number of hydrogen-bond donors (Lipinski definition) is 0. The number of aromatic nitrogens is 2. The maximum Gasteiger partial charge on any atom is 0.127 e. The molecule has 0 spiro atoms. The van der Waals surface area contributed by atoms with Gasteiger partial charge in [-0.1, -0.05) is 6.07 Å². The number of pyridine rings is 2. The maximum absolute atomic E-state index is 5.32. The zero-order chi connectivity index (χ0) is 18.0. The molecule has 3 aromatic rings. The van der Waals surface area contributed by atoms with E-state index < -0.39 is 0 Å². The van der Waals surface area contributed by atoms with Crippen LogP contribution in [0.3, 0.4) is 0 Å². The van der Waals surface area contributed by atoms with Crippen molar-refractivity contribution in [3.63, 3.8) is 0 Å². The molecule has 0 unspecified atom stereocenters. The van der Waals surface area contributed by atoms with Crippen molar-refractivity contribution in [1.82, 2.24) is 9.97 Å². The number of rotatable bonds is 5. The quantitative estimate of drug-likeness (QED) is 0.711. The van der Waals surface area contributed by atoms with Crippen molar-refractivity contribution in [1.29, 1.82) is 0 Å². The highest BCUT2D eigenvalue weighted by atomic mass is 16.5. The molecule has 25 heavy (non-hydrogen) atoms. The van der Waals surface area contributed by atoms with Crippen LogP contribution in [0.2, 0.25) is 0 Å². The zero-order valence-corrected chi connectivity index (χ0v) is 15.4. The summed E-state index contributed by atoms with van der Waals surface area (Å²) in [7, 11) is 7.76. The number of anilines is 2. The summed E-state index contributed by atoms with van der Waals surface area (Å²) in [5.41, 5.74) is 4.26. The molecule has 0 saturated heterocycles. The standard InChI is InChI=1S/C20H24N4O/c1-14-10-19(17-8-7-16(25-5)11-18(17)22-14)24(4)13-15-6-9-20(21-12-15)23(2)3/h6-12H,13H2,1-5H3. The molecule has 0 atom stereocenters. The molecule has 2 aromatic heterocycles. The lowest BCUT2D eigenvalue weighted by Crippen LogP contribution is -2.18. The van der Waals surface area contributed by atoms with Gasteiger partial charge < -0.3 is 14.5 Å². The van der Waals surface area contributed by atoms with E-state index in [2.05, 4.69) is 40.1 Å². The van der Waals surface area contributed by atoms with Gasteiger partial charge in [-0.3, -0.25) is 4.98 Å². The van der Waals surface area contributed by atoms with Crippen molar-refractivity contribution in [2.45, 2.75) is 13.5 Å². The highest BCUT2D eigenvalue weighted by molar-refractivity contribution is 5.92. The average molecular weight is 336 g/mol. The lowest BCUT2D eigenvalue weighted by atomic mass is 10.1. The lowest BCUT2D eigenvalue weighted by Gasteiger charge is -2.22. The molecular formula is C20H24N4O. The van der Waals surface area contributed by atoms with Gasteiger partial charge in [0.2, 0.25) is 0 Å². The second kappa shape index (κ2) is 6.97. The molecule has 1 aromatic carbocycles. The molecule has 0 saturated carbocycles. The highest BCUT2D eigenvalue weighted by Gasteiger charge is 2.10. The van der Waals surface area contributed by atoms with Crippen LogP contribution < -0.4 is 14.5 Å². The Morgan fingerprint density at radius 1 is 1.04 bits per heavy atom. The van der Waals surface area contributed by atoms with E-state index in [0.717, 1.165) is 40.4 Å². The number of methoxy groups -OCH3 is 1. The molecule has 0 bridgehead atoms. The van der Waals surface area contributed by atoms with Gasteiger partial charge in [-0.2, -0.15) is 0 Å². The Morgan fingerprint density at radius 2 is 1.84 bits per heavy atom. The average Bonchev–Trinajstić information content (AvgIpc) is 2.60. The number of fused-ring (bicyclic) bond motifs is 1. The number of nitrogens with zero attached hydrogens (tertiary/aromatic N) is 4. The third-order valence-corrected chi connectivity index (χ3v) is 4.22. The van der Waals surface area contributed by atoms with Gasteiger partial charge in [-0.15, -0.1) is 0 Å². The molecule has 2 heterocycles. The molecule has 3 rings (SSSR count). The summed E-state index contributed by atoms with van der Waals surface area (Å²) in [6.45, 7) is 2.80. The van der Waals surface area contributed by atoms with Crippen LogP contribution in [-0.2, 0) is 6.54 Å². The van der Waals surface area contributed by atoms with Gasteiger partial charge in [0.1, 0.15) is 11.6 Å². The minimum Gasteiger partial charge on any atom is -0.497 e. The van der Waals surface area contributed by atoms with E-state index in [0.29, 0.717) is 0 Å². The molecule has 0 fully saturated rings. The van der Waals surface area contributed by atoms with Crippen LogP contribution in [0.15, 0.2) is 42.6 Å². The van der Waals surface area contributed by atoms with Crippen LogP contribution in [-0.4, -0.2) is 38.2 Å². The summed E-state index contributed by atoms with van der Waals surface area (Å²) in [6.07, 6.45) is 1.94. The number of benzene rings is 1. The Labute approximate surface area is 148 Å². The van der Waals surface area contributed by atoms with E-state index in [4.69, 9.17) is 4.74 Å². The van der Waals surface area contributed by atoms with E-state index in [1.165, 1.54) is 5.56 Å². The first-order chi connectivity index (χ1) is 12.0. The normalized spacial score (nSPS) is 10.8. The Kier molecular flexibility index (Phi) is 4.74. The van der Waals surface area contributed by atoms with Gasteiger partial charge in [0.05, 0.1) is 12.6 Å². The smallest absolute Gasteiger partial charge is 0.127 e. The van der Waals surface area contributed by atoms with Gasteiger partial charge in [0.25, 0.3) is 0 Å². The molecule has 0 aliphatic heterocycles. The Hall–Kier alpha value is -2.82. The Morgan fingerprint density at radius 3 is 2.48 bits per heavy atom. The maximum atomic E-state index is 5.32. The van der Waals surface area contributed by atoms with Gasteiger partial charge >= 0.3 is 0 Å². The second-order valence-electron chi connectivity index (χ2n) is 6.44. The van der Waals surface area contributed by atoms with Crippen LogP contribution in [0, 0.1) is 6.92 Å². The van der Waals surface area contributed by atoms with Crippen molar-refractivity contribution >= 4 is 22.4 Å². The molecular weight excluding hydrogens is 312 g/mol. The summed E-state index contributed by atoms with van der Waals surface area (Å²) >= 11 is 0. The molecule has 0 amide bonds. The summed E-state index contributed by atoms with van der Waals surface area (Å²) in [5.74, 6) is 1.78. The van der Waals surface area contributed by atoms with Crippen molar-refractivity contribution in [2.24, 2.45) is 0 Å². The molecule has 0 aliphatic rings. The third-order valence-electron chi connectivity index (χ3n) is 4.22. The fourth-order valence-corrected chi connectivity index (χ4v) is 2.90. The minimum atomic E-state index is 0.783. The first-order valence-electron chi connectivity index (χ1n) is 8.26. The Bertz CT molecular complexity index is 875. The first kappa shape index (κ1) is 17.0. The molecule has 130 valence electrons. The third kappa shape index (κ3) is 3.65. The van der Waals surface area contributed by atoms with Crippen LogP contribution in [0.4, 0.5) is 11.5 Å². The molecule has 0 aliphatic carbocycles. The fraction of sp³-hybridized carbons (Fsp3) is 0.300. The summed E-state index contributed by atoms with van der Waals surface area (Å²) < 4.78 is 5.32. The molecule has 0 N–H and O–H groups in total. The van der Waals surface area contributed by atoms with Crippen molar-refractivity contribution in [3.05, 3.63) is 53.9 Å². The van der Waals surface area contributed by atoms with E-state index in [9.17, 15) is 0 Å². The van der Waals surface area contributed by atoms with E-state index in [1.54, 1.807) is 7.11 Å². The van der Waals surface area contributed by atoms with E-state index in [-0.39, 0.29) is 0 Å². The largest absolute Gasteiger partial charge is 0.497 e. The highest BCUT2D eigenvalue weighted by Crippen LogP contribution is 2.29. The second-order valence-corrected chi connectivity index (χ2v) is 6.44. The monoisotopic (exact) mass is 336 g/mol. The van der Waals surface area contributed by atoms with Crippen molar-refractivity contribution in [2.75, 3.05) is 38.1 Å². The number of aryl methyl sites for hydroxylation is 1. The SMILES string of the molecule is COc1ccc2c(N(C)Cc3ccc(N(C)C)nc3)cc(C)nc2c1. The fourth-order valence-electron chi connectivity index (χ4n) is 2.90. The molecule has 5 heteroatoms. The van der Waals surface area contributed by atoms with Gasteiger partial charge in [0, 0.05) is 56.7 Å². The topological polar surface area (TPSA) is 41.5 Å². The van der Waals surface area contributed by atoms with Crippen molar-refractivity contribution in [3.8, 4) is 5.75 Å². The van der Waals surface area contributed by atoms with E-state index in [1.807, 2.05) is 50.3 Å². The van der Waals surface area contributed by atoms with Crippen molar-refractivity contribution < 1.29 is 4.74 Å². The number of ether oxygens (including phenoxy) is 1. The van der Waals surface area contributed by atoms with Gasteiger partial charge in [-0.25, -0.2) is 4.98 Å². The summed E-state index contributed by atoms with van der Waals surface area (Å²) in [5, 5.41) is 1.12. The molecule has 0 radical (unpaired) electrons. The van der Waals surface area contributed by atoms with Gasteiger partial charge in [0.15, 0.2) is 0 Å². The lowest BCUT2D eigenvalue weighted by molar-refractivity contribution is 0.415. The van der Waals surface area contributed by atoms with Crippen LogP contribution in [0.1, 0.15) is 11.3 Å².